The summed E-state index contributed by atoms with van der Waals surface area (Å²) in [5, 5.41) is 3.76. The van der Waals surface area contributed by atoms with Gasteiger partial charge in [0.05, 0.1) is 6.04 Å². The first-order valence-corrected chi connectivity index (χ1v) is 10.6. The Labute approximate surface area is 187 Å². The normalized spacial score (nSPS) is 11.8. The lowest BCUT2D eigenvalue weighted by molar-refractivity contribution is -0.114. The molecule has 162 valence electrons. The van der Waals surface area contributed by atoms with Crippen molar-refractivity contribution in [3.8, 4) is 0 Å². The zero-order valence-corrected chi connectivity index (χ0v) is 18.5. The number of rotatable bonds is 6. The van der Waals surface area contributed by atoms with Gasteiger partial charge in [-0.05, 0) is 43.2 Å². The molecule has 1 heterocycles. The van der Waals surface area contributed by atoms with E-state index < -0.39 is 0 Å². The van der Waals surface area contributed by atoms with E-state index in [-0.39, 0.29) is 17.9 Å². The number of fused-ring (bicyclic) bond motifs is 1. The van der Waals surface area contributed by atoms with Gasteiger partial charge in [0.2, 0.25) is 5.91 Å². The van der Waals surface area contributed by atoms with E-state index in [1.54, 1.807) is 0 Å². The molecule has 2 amide bonds. The summed E-state index contributed by atoms with van der Waals surface area (Å²) in [6.07, 6.45) is 0. The fourth-order valence-electron chi connectivity index (χ4n) is 3.93. The molecule has 0 aliphatic carbocycles. The van der Waals surface area contributed by atoms with E-state index in [9.17, 15) is 9.59 Å². The average molecular weight is 427 g/mol. The van der Waals surface area contributed by atoms with Crippen LogP contribution in [0.4, 0.5) is 5.69 Å². The number of benzene rings is 3. The van der Waals surface area contributed by atoms with Gasteiger partial charge in [0.1, 0.15) is 5.58 Å². The van der Waals surface area contributed by atoms with Crippen LogP contribution in [0.2, 0.25) is 0 Å². The Hall–Kier alpha value is -3.86. The van der Waals surface area contributed by atoms with Crippen LogP contribution in [0, 0.1) is 6.92 Å². The van der Waals surface area contributed by atoms with Crippen LogP contribution >= 0.6 is 0 Å². The zero-order chi connectivity index (χ0) is 22.7. The van der Waals surface area contributed by atoms with Crippen LogP contribution in [0.5, 0.6) is 0 Å². The first kappa shape index (κ1) is 21.4. The second-order valence-corrected chi connectivity index (χ2v) is 7.95. The van der Waals surface area contributed by atoms with Crippen molar-refractivity contribution in [2.75, 3.05) is 5.32 Å². The summed E-state index contributed by atoms with van der Waals surface area (Å²) in [4.78, 5) is 27.1. The number of furan rings is 1. The molecule has 1 N–H and O–H groups in total. The Morgan fingerprint density at radius 3 is 2.41 bits per heavy atom. The van der Waals surface area contributed by atoms with Gasteiger partial charge >= 0.3 is 0 Å². The fourth-order valence-corrected chi connectivity index (χ4v) is 3.93. The molecule has 4 aromatic rings. The number of nitrogens with one attached hydrogen (secondary N) is 1. The molecular formula is C27H26N2O3. The van der Waals surface area contributed by atoms with Crippen LogP contribution in [0.3, 0.4) is 0 Å². The van der Waals surface area contributed by atoms with E-state index in [2.05, 4.69) is 5.32 Å². The van der Waals surface area contributed by atoms with Crippen molar-refractivity contribution < 1.29 is 14.0 Å². The molecule has 0 aliphatic rings. The standard InChI is InChI=1S/C27H26N2O3/c1-18-24-14-7-8-15-25(24)32-26(18)27(31)29(17-21-10-5-4-6-11-21)19(2)22-12-9-13-23(16-22)28-20(3)30/h4-16,19H,17H2,1-3H3,(H,28,30). The second kappa shape index (κ2) is 9.10. The van der Waals surface area contributed by atoms with Gasteiger partial charge in [0, 0.05) is 30.1 Å². The maximum Gasteiger partial charge on any atom is 0.290 e. The first-order chi connectivity index (χ1) is 15.4. The molecule has 0 saturated heterocycles. The highest BCUT2D eigenvalue weighted by Gasteiger charge is 2.28. The molecule has 32 heavy (non-hydrogen) atoms. The van der Waals surface area contributed by atoms with E-state index in [0.717, 1.165) is 22.1 Å². The largest absolute Gasteiger partial charge is 0.451 e. The summed E-state index contributed by atoms with van der Waals surface area (Å²) in [5.74, 6) is 0.0527. The molecule has 0 saturated carbocycles. The van der Waals surface area contributed by atoms with Crippen molar-refractivity contribution in [1.29, 1.82) is 0 Å². The molecule has 0 aliphatic heterocycles. The van der Waals surface area contributed by atoms with Crippen LogP contribution in [-0.2, 0) is 11.3 Å². The Morgan fingerprint density at radius 1 is 0.969 bits per heavy atom. The number of carbonyl (C=O) groups is 2. The number of carbonyl (C=O) groups excluding carboxylic acids is 2. The molecule has 0 radical (unpaired) electrons. The van der Waals surface area contributed by atoms with Gasteiger partial charge in [-0.15, -0.1) is 0 Å². The van der Waals surface area contributed by atoms with Crippen LogP contribution in [-0.4, -0.2) is 16.7 Å². The van der Waals surface area contributed by atoms with Gasteiger partial charge in [-0.1, -0.05) is 60.7 Å². The molecule has 0 bridgehead atoms. The van der Waals surface area contributed by atoms with E-state index in [1.807, 2.05) is 97.6 Å². The predicted octanol–water partition coefficient (Wildman–Crippen LogP) is 6.10. The third kappa shape index (κ3) is 4.42. The predicted molar refractivity (Wildman–Crippen MR) is 126 cm³/mol. The maximum absolute atomic E-state index is 13.8. The van der Waals surface area contributed by atoms with Crippen molar-refractivity contribution in [3.05, 3.63) is 101 Å². The SMILES string of the molecule is CC(=O)Nc1cccc(C(C)N(Cc2ccccc2)C(=O)c2oc3ccccc3c2C)c1. The number of amides is 2. The highest BCUT2D eigenvalue weighted by atomic mass is 16.3. The molecule has 0 fully saturated rings. The molecule has 1 atom stereocenters. The van der Waals surface area contributed by atoms with Crippen molar-refractivity contribution in [2.45, 2.75) is 33.4 Å². The highest BCUT2D eigenvalue weighted by molar-refractivity contribution is 5.99. The molecule has 4 rings (SSSR count). The molecule has 5 nitrogen and oxygen atoms in total. The first-order valence-electron chi connectivity index (χ1n) is 10.6. The number of nitrogens with zero attached hydrogens (tertiary/aromatic N) is 1. The van der Waals surface area contributed by atoms with Crippen LogP contribution in [0.1, 0.15) is 47.1 Å². The quantitative estimate of drug-likeness (QED) is 0.405. The van der Waals surface area contributed by atoms with E-state index in [1.165, 1.54) is 6.92 Å². The van der Waals surface area contributed by atoms with Crippen LogP contribution in [0.15, 0.2) is 83.3 Å². The Kier molecular flexibility index (Phi) is 6.08. The summed E-state index contributed by atoms with van der Waals surface area (Å²) in [6.45, 7) is 5.82. The van der Waals surface area contributed by atoms with Gasteiger partial charge in [0.15, 0.2) is 5.76 Å². The van der Waals surface area contributed by atoms with Crippen molar-refractivity contribution in [2.24, 2.45) is 0 Å². The summed E-state index contributed by atoms with van der Waals surface area (Å²) < 4.78 is 5.99. The van der Waals surface area contributed by atoms with E-state index >= 15 is 0 Å². The highest BCUT2D eigenvalue weighted by Crippen LogP contribution is 2.31. The maximum atomic E-state index is 13.8. The van der Waals surface area contributed by atoms with E-state index in [0.29, 0.717) is 23.6 Å². The van der Waals surface area contributed by atoms with Crippen molar-refractivity contribution in [1.82, 2.24) is 4.90 Å². The minimum Gasteiger partial charge on any atom is -0.451 e. The number of hydrogen-bond acceptors (Lipinski definition) is 3. The monoisotopic (exact) mass is 426 g/mol. The van der Waals surface area contributed by atoms with Crippen molar-refractivity contribution in [3.63, 3.8) is 0 Å². The molecular weight excluding hydrogens is 400 g/mol. The zero-order valence-electron chi connectivity index (χ0n) is 18.5. The van der Waals surface area contributed by atoms with E-state index in [4.69, 9.17) is 4.42 Å². The van der Waals surface area contributed by atoms with Crippen LogP contribution < -0.4 is 5.32 Å². The second-order valence-electron chi connectivity index (χ2n) is 7.95. The lowest BCUT2D eigenvalue weighted by Crippen LogP contribution is -2.33. The fraction of sp³-hybridized carbons (Fsp3) is 0.185. The summed E-state index contributed by atoms with van der Waals surface area (Å²) in [5.41, 5.74) is 4.19. The number of aryl methyl sites for hydroxylation is 1. The third-order valence-electron chi connectivity index (χ3n) is 5.65. The Balaban J connectivity index is 1.73. The minimum absolute atomic E-state index is 0.134. The summed E-state index contributed by atoms with van der Waals surface area (Å²) >= 11 is 0. The van der Waals surface area contributed by atoms with Gasteiger partial charge in [-0.25, -0.2) is 0 Å². The molecule has 0 spiro atoms. The Bertz CT molecular complexity index is 1260. The molecule has 1 aromatic heterocycles. The van der Waals surface area contributed by atoms with Crippen LogP contribution in [0.25, 0.3) is 11.0 Å². The Morgan fingerprint density at radius 2 is 1.69 bits per heavy atom. The lowest BCUT2D eigenvalue weighted by atomic mass is 10.0. The van der Waals surface area contributed by atoms with Gasteiger partial charge < -0.3 is 14.6 Å². The molecule has 3 aromatic carbocycles. The molecule has 1 unspecified atom stereocenters. The summed E-state index contributed by atoms with van der Waals surface area (Å²) in [7, 11) is 0. The number of para-hydroxylation sites is 1. The van der Waals surface area contributed by atoms with Gasteiger partial charge in [-0.2, -0.15) is 0 Å². The molecule has 5 heteroatoms. The summed E-state index contributed by atoms with van der Waals surface area (Å²) in [6, 6.07) is 24.9. The minimum atomic E-state index is -0.246. The lowest BCUT2D eigenvalue weighted by Gasteiger charge is -2.29. The van der Waals surface area contributed by atoms with Crippen molar-refractivity contribution >= 4 is 28.5 Å². The third-order valence-corrected chi connectivity index (χ3v) is 5.65. The average Bonchev–Trinajstić information content (AvgIpc) is 3.14. The smallest absolute Gasteiger partial charge is 0.290 e. The number of anilines is 1. The van der Waals surface area contributed by atoms with Gasteiger partial charge in [-0.3, -0.25) is 9.59 Å². The topological polar surface area (TPSA) is 62.6 Å². The number of hydrogen-bond donors (Lipinski definition) is 1. The van der Waals surface area contributed by atoms with Gasteiger partial charge in [0.25, 0.3) is 5.91 Å².